The van der Waals surface area contributed by atoms with E-state index in [0.717, 1.165) is 11.4 Å². The molecule has 0 N–H and O–H groups in total. The predicted molar refractivity (Wildman–Crippen MR) is 58.2 cm³/mol. The first kappa shape index (κ1) is 9.83. The molecule has 0 fully saturated rings. The molecule has 0 spiro atoms. The van der Waals surface area contributed by atoms with Crippen LogP contribution in [0.5, 0.6) is 0 Å². The van der Waals surface area contributed by atoms with Crippen molar-refractivity contribution >= 4 is 0 Å². The minimum atomic E-state index is -0.0192. The second kappa shape index (κ2) is 3.46. The number of aromatic nitrogens is 4. The second-order valence-electron chi connectivity index (χ2n) is 4.44. The summed E-state index contributed by atoms with van der Waals surface area (Å²) in [4.78, 5) is 4.08. The zero-order chi connectivity index (χ0) is 10.9. The van der Waals surface area contributed by atoms with Gasteiger partial charge in [0.15, 0.2) is 5.82 Å². The summed E-state index contributed by atoms with van der Waals surface area (Å²) in [6.45, 7) is 6.36. The van der Waals surface area contributed by atoms with Crippen LogP contribution in [0.2, 0.25) is 0 Å². The molecule has 78 valence electrons. The van der Waals surface area contributed by atoms with Crippen molar-refractivity contribution in [1.82, 2.24) is 19.7 Å². The quantitative estimate of drug-likeness (QED) is 0.711. The van der Waals surface area contributed by atoms with Gasteiger partial charge in [-0.05, 0) is 32.9 Å². The topological polar surface area (TPSA) is 43.6 Å². The summed E-state index contributed by atoms with van der Waals surface area (Å²) in [6, 6.07) is 3.89. The average molecular weight is 202 g/mol. The Kier molecular flexibility index (Phi) is 2.26. The maximum Gasteiger partial charge on any atom is 0.165 e. The molecule has 0 atom stereocenters. The summed E-state index contributed by atoms with van der Waals surface area (Å²) < 4.78 is 2.05. The molecule has 0 aliphatic rings. The first-order valence-corrected chi connectivity index (χ1v) is 4.90. The Morgan fingerprint density at radius 1 is 1.27 bits per heavy atom. The fourth-order valence-electron chi connectivity index (χ4n) is 1.42. The zero-order valence-corrected chi connectivity index (χ0v) is 9.18. The molecule has 0 saturated carbocycles. The van der Waals surface area contributed by atoms with Crippen LogP contribution in [0.1, 0.15) is 20.8 Å². The van der Waals surface area contributed by atoms with Crippen molar-refractivity contribution in [2.75, 3.05) is 0 Å². The monoisotopic (exact) mass is 202 g/mol. The third-order valence-corrected chi connectivity index (χ3v) is 2.19. The third kappa shape index (κ3) is 1.88. The highest BCUT2D eigenvalue weighted by Gasteiger charge is 2.18. The SMILES string of the molecule is CC(C)(C)n1cnnc1-c1cccnc1. The summed E-state index contributed by atoms with van der Waals surface area (Å²) in [5.74, 6) is 0.857. The fraction of sp³-hybridized carbons (Fsp3) is 0.364. The molecule has 0 radical (unpaired) electrons. The Balaban J connectivity index is 2.51. The number of hydrogen-bond donors (Lipinski definition) is 0. The lowest BCUT2D eigenvalue weighted by molar-refractivity contribution is 0.399. The smallest absolute Gasteiger partial charge is 0.165 e. The van der Waals surface area contributed by atoms with Gasteiger partial charge < -0.3 is 4.57 Å². The molecule has 0 unspecified atom stereocenters. The number of hydrogen-bond acceptors (Lipinski definition) is 3. The molecule has 0 bridgehead atoms. The summed E-state index contributed by atoms with van der Waals surface area (Å²) in [5, 5.41) is 8.08. The van der Waals surface area contributed by atoms with E-state index in [-0.39, 0.29) is 5.54 Å². The van der Waals surface area contributed by atoms with E-state index in [4.69, 9.17) is 0 Å². The van der Waals surface area contributed by atoms with E-state index in [1.807, 2.05) is 16.7 Å². The number of pyridine rings is 1. The molecule has 2 aromatic heterocycles. The van der Waals surface area contributed by atoms with Gasteiger partial charge >= 0.3 is 0 Å². The van der Waals surface area contributed by atoms with E-state index in [1.165, 1.54) is 0 Å². The van der Waals surface area contributed by atoms with Crippen LogP contribution in [-0.4, -0.2) is 19.7 Å². The van der Waals surface area contributed by atoms with Gasteiger partial charge in [-0.15, -0.1) is 10.2 Å². The van der Waals surface area contributed by atoms with E-state index in [0.29, 0.717) is 0 Å². The summed E-state index contributed by atoms with van der Waals surface area (Å²) in [7, 11) is 0. The highest BCUT2D eigenvalue weighted by molar-refractivity contribution is 5.53. The molecule has 2 rings (SSSR count). The van der Waals surface area contributed by atoms with Crippen LogP contribution in [0, 0.1) is 0 Å². The van der Waals surface area contributed by atoms with Crippen molar-refractivity contribution in [3.63, 3.8) is 0 Å². The standard InChI is InChI=1S/C11H14N4/c1-11(2,3)15-8-13-14-10(15)9-5-4-6-12-7-9/h4-8H,1-3H3. The molecule has 2 heterocycles. The van der Waals surface area contributed by atoms with Gasteiger partial charge in [-0.1, -0.05) is 0 Å². The summed E-state index contributed by atoms with van der Waals surface area (Å²) >= 11 is 0. The van der Waals surface area contributed by atoms with Gasteiger partial charge in [-0.25, -0.2) is 0 Å². The largest absolute Gasteiger partial charge is 0.308 e. The molecule has 0 amide bonds. The van der Waals surface area contributed by atoms with Crippen molar-refractivity contribution in [2.24, 2.45) is 0 Å². The van der Waals surface area contributed by atoms with E-state index in [1.54, 1.807) is 18.7 Å². The lowest BCUT2D eigenvalue weighted by Crippen LogP contribution is -2.21. The zero-order valence-electron chi connectivity index (χ0n) is 9.18. The van der Waals surface area contributed by atoms with E-state index in [9.17, 15) is 0 Å². The Labute approximate surface area is 89.0 Å². The van der Waals surface area contributed by atoms with Crippen molar-refractivity contribution in [3.05, 3.63) is 30.9 Å². The van der Waals surface area contributed by atoms with Gasteiger partial charge in [-0.3, -0.25) is 4.98 Å². The molecule has 0 saturated heterocycles. The van der Waals surface area contributed by atoms with Gasteiger partial charge in [0.05, 0.1) is 0 Å². The summed E-state index contributed by atoms with van der Waals surface area (Å²) in [6.07, 6.45) is 5.30. The van der Waals surface area contributed by atoms with Crippen LogP contribution < -0.4 is 0 Å². The maximum absolute atomic E-state index is 4.13. The van der Waals surface area contributed by atoms with Gasteiger partial charge in [0.2, 0.25) is 0 Å². The van der Waals surface area contributed by atoms with Gasteiger partial charge in [-0.2, -0.15) is 0 Å². The molecule has 0 aliphatic heterocycles. The Morgan fingerprint density at radius 3 is 2.67 bits per heavy atom. The Morgan fingerprint density at radius 2 is 2.07 bits per heavy atom. The van der Waals surface area contributed by atoms with Crippen LogP contribution in [0.25, 0.3) is 11.4 Å². The van der Waals surface area contributed by atoms with Crippen molar-refractivity contribution in [2.45, 2.75) is 26.3 Å². The molecule has 4 heteroatoms. The predicted octanol–water partition coefficient (Wildman–Crippen LogP) is 2.10. The molecular weight excluding hydrogens is 188 g/mol. The van der Waals surface area contributed by atoms with Crippen LogP contribution >= 0.6 is 0 Å². The first-order chi connectivity index (χ1) is 7.09. The molecule has 4 nitrogen and oxygen atoms in total. The second-order valence-corrected chi connectivity index (χ2v) is 4.44. The van der Waals surface area contributed by atoms with Crippen LogP contribution in [0.4, 0.5) is 0 Å². The number of nitrogens with zero attached hydrogens (tertiary/aromatic N) is 4. The average Bonchev–Trinajstić information content (AvgIpc) is 2.67. The normalized spacial score (nSPS) is 11.7. The van der Waals surface area contributed by atoms with Crippen LogP contribution in [-0.2, 0) is 5.54 Å². The molecule has 2 aromatic rings. The maximum atomic E-state index is 4.13. The molecular formula is C11H14N4. The van der Waals surface area contributed by atoms with Crippen molar-refractivity contribution in [3.8, 4) is 11.4 Å². The third-order valence-electron chi connectivity index (χ3n) is 2.19. The van der Waals surface area contributed by atoms with Gasteiger partial charge in [0, 0.05) is 23.5 Å². The first-order valence-electron chi connectivity index (χ1n) is 4.90. The van der Waals surface area contributed by atoms with E-state index >= 15 is 0 Å². The lowest BCUT2D eigenvalue weighted by atomic mass is 10.1. The molecule has 15 heavy (non-hydrogen) atoms. The van der Waals surface area contributed by atoms with Crippen molar-refractivity contribution in [1.29, 1.82) is 0 Å². The minimum Gasteiger partial charge on any atom is -0.308 e. The fourth-order valence-corrected chi connectivity index (χ4v) is 1.42. The van der Waals surface area contributed by atoms with Crippen LogP contribution in [0.3, 0.4) is 0 Å². The Hall–Kier alpha value is -1.71. The number of rotatable bonds is 1. The minimum absolute atomic E-state index is 0.0192. The lowest BCUT2D eigenvalue weighted by Gasteiger charge is -2.22. The van der Waals surface area contributed by atoms with Crippen LogP contribution in [0.15, 0.2) is 30.9 Å². The van der Waals surface area contributed by atoms with E-state index < -0.39 is 0 Å². The van der Waals surface area contributed by atoms with Crippen molar-refractivity contribution < 1.29 is 0 Å². The van der Waals surface area contributed by atoms with Gasteiger partial charge in [0.1, 0.15) is 6.33 Å². The summed E-state index contributed by atoms with van der Waals surface area (Å²) in [5.41, 5.74) is 0.971. The van der Waals surface area contributed by atoms with E-state index in [2.05, 4.69) is 36.0 Å². The highest BCUT2D eigenvalue weighted by Crippen LogP contribution is 2.22. The van der Waals surface area contributed by atoms with Gasteiger partial charge in [0.25, 0.3) is 0 Å². The Bertz CT molecular complexity index is 439. The molecule has 0 aromatic carbocycles. The highest BCUT2D eigenvalue weighted by atomic mass is 15.3. The molecule has 0 aliphatic carbocycles.